The van der Waals surface area contributed by atoms with Crippen molar-refractivity contribution in [2.75, 3.05) is 19.7 Å². The molecule has 1 atom stereocenters. The molecule has 2 amide bonds. The van der Waals surface area contributed by atoms with Crippen molar-refractivity contribution in [1.82, 2.24) is 10.2 Å². The Hall–Kier alpha value is -1.50. The summed E-state index contributed by atoms with van der Waals surface area (Å²) < 4.78 is 10.5. The van der Waals surface area contributed by atoms with Gasteiger partial charge < -0.3 is 25.4 Å². The maximum absolute atomic E-state index is 12.3. The van der Waals surface area contributed by atoms with E-state index in [1.54, 1.807) is 32.6 Å². The van der Waals surface area contributed by atoms with Gasteiger partial charge in [-0.3, -0.25) is 0 Å². The van der Waals surface area contributed by atoms with Crippen molar-refractivity contribution in [3.05, 3.63) is 0 Å². The maximum atomic E-state index is 12.3. The Morgan fingerprint density at radius 2 is 1.71 bits per heavy atom. The van der Waals surface area contributed by atoms with Gasteiger partial charge in [-0.25, -0.2) is 9.59 Å². The topological polar surface area (TPSA) is 93.9 Å². The van der Waals surface area contributed by atoms with Crippen LogP contribution in [0.25, 0.3) is 0 Å². The van der Waals surface area contributed by atoms with Gasteiger partial charge in [0.15, 0.2) is 0 Å². The molecule has 3 N–H and O–H groups in total. The summed E-state index contributed by atoms with van der Waals surface area (Å²) in [4.78, 5) is 25.7. The molecule has 0 aliphatic rings. The molecule has 142 valence electrons. The van der Waals surface area contributed by atoms with Crippen LogP contribution in [0.2, 0.25) is 0 Å². The zero-order valence-corrected chi connectivity index (χ0v) is 16.3. The normalized spacial score (nSPS) is 13.2. The summed E-state index contributed by atoms with van der Waals surface area (Å²) in [6.07, 6.45) is 0.768. The van der Waals surface area contributed by atoms with Crippen molar-refractivity contribution in [2.24, 2.45) is 5.73 Å². The van der Waals surface area contributed by atoms with Gasteiger partial charge in [0.1, 0.15) is 12.2 Å². The SMILES string of the molecule is C[C@@H](COC(=O)N(CCCCN)C(C)(C)C)NC(=O)OC(C)(C)C. The summed E-state index contributed by atoms with van der Waals surface area (Å²) in [5.74, 6) is 0. The Bertz CT molecular complexity index is 400. The fraction of sp³-hybridized carbons (Fsp3) is 0.882. The summed E-state index contributed by atoms with van der Waals surface area (Å²) in [6, 6.07) is -0.338. The predicted octanol–water partition coefficient (Wildman–Crippen LogP) is 2.88. The largest absolute Gasteiger partial charge is 0.447 e. The molecular weight excluding hydrogens is 310 g/mol. The minimum Gasteiger partial charge on any atom is -0.447 e. The first-order chi connectivity index (χ1) is 10.9. The Morgan fingerprint density at radius 1 is 1.12 bits per heavy atom. The van der Waals surface area contributed by atoms with Crippen LogP contribution in [-0.4, -0.2) is 54.0 Å². The first-order valence-corrected chi connectivity index (χ1v) is 8.51. The summed E-state index contributed by atoms with van der Waals surface area (Å²) in [5.41, 5.74) is 4.60. The van der Waals surface area contributed by atoms with E-state index in [1.165, 1.54) is 0 Å². The highest BCUT2D eigenvalue weighted by Gasteiger charge is 2.27. The van der Waals surface area contributed by atoms with Crippen molar-refractivity contribution in [1.29, 1.82) is 0 Å². The monoisotopic (exact) mass is 345 g/mol. The van der Waals surface area contributed by atoms with E-state index in [2.05, 4.69) is 5.32 Å². The van der Waals surface area contributed by atoms with Gasteiger partial charge in [-0.05, 0) is 67.9 Å². The van der Waals surface area contributed by atoms with Crippen LogP contribution < -0.4 is 11.1 Å². The number of hydrogen-bond donors (Lipinski definition) is 2. The van der Waals surface area contributed by atoms with Gasteiger partial charge in [-0.1, -0.05) is 0 Å². The molecule has 7 heteroatoms. The molecule has 0 bridgehead atoms. The van der Waals surface area contributed by atoms with Gasteiger partial charge >= 0.3 is 12.2 Å². The van der Waals surface area contributed by atoms with Gasteiger partial charge in [0, 0.05) is 12.1 Å². The molecule has 0 heterocycles. The second kappa shape index (κ2) is 9.71. The molecule has 0 saturated heterocycles. The van der Waals surface area contributed by atoms with E-state index in [1.807, 2.05) is 20.8 Å². The maximum Gasteiger partial charge on any atom is 0.410 e. The Morgan fingerprint density at radius 3 is 2.17 bits per heavy atom. The van der Waals surface area contributed by atoms with E-state index >= 15 is 0 Å². The van der Waals surface area contributed by atoms with Crippen LogP contribution >= 0.6 is 0 Å². The Kier molecular flexibility index (Phi) is 9.11. The number of ether oxygens (including phenoxy) is 2. The van der Waals surface area contributed by atoms with Crippen LogP contribution in [0.5, 0.6) is 0 Å². The number of carbonyl (C=O) groups excluding carboxylic acids is 2. The van der Waals surface area contributed by atoms with E-state index in [4.69, 9.17) is 15.2 Å². The molecule has 7 nitrogen and oxygen atoms in total. The Balaban J connectivity index is 4.43. The van der Waals surface area contributed by atoms with Crippen LogP contribution in [0, 0.1) is 0 Å². The number of alkyl carbamates (subject to hydrolysis) is 1. The van der Waals surface area contributed by atoms with Crippen LogP contribution in [0.3, 0.4) is 0 Å². The molecule has 0 rings (SSSR count). The number of nitrogens with zero attached hydrogens (tertiary/aromatic N) is 1. The molecule has 0 aromatic rings. The first-order valence-electron chi connectivity index (χ1n) is 8.51. The lowest BCUT2D eigenvalue weighted by Crippen LogP contribution is -2.48. The van der Waals surface area contributed by atoms with Crippen molar-refractivity contribution in [2.45, 2.75) is 78.5 Å². The fourth-order valence-electron chi connectivity index (χ4n) is 1.94. The summed E-state index contributed by atoms with van der Waals surface area (Å²) >= 11 is 0. The number of unbranched alkanes of at least 4 members (excludes halogenated alkanes) is 1. The highest BCUT2D eigenvalue weighted by molar-refractivity contribution is 5.69. The first kappa shape index (κ1) is 22.5. The van der Waals surface area contributed by atoms with Gasteiger partial charge in [0.05, 0.1) is 6.04 Å². The van der Waals surface area contributed by atoms with Crippen molar-refractivity contribution < 1.29 is 19.1 Å². The van der Waals surface area contributed by atoms with E-state index in [-0.39, 0.29) is 18.2 Å². The highest BCUT2D eigenvalue weighted by Crippen LogP contribution is 2.16. The quantitative estimate of drug-likeness (QED) is 0.692. The van der Waals surface area contributed by atoms with Gasteiger partial charge in [0.2, 0.25) is 0 Å². The zero-order chi connectivity index (χ0) is 19.0. The molecule has 0 saturated carbocycles. The number of amides is 2. The minimum atomic E-state index is -0.563. The third kappa shape index (κ3) is 10.3. The molecule has 24 heavy (non-hydrogen) atoms. The molecule has 0 fully saturated rings. The van der Waals surface area contributed by atoms with Crippen molar-refractivity contribution in [3.63, 3.8) is 0 Å². The van der Waals surface area contributed by atoms with Crippen LogP contribution in [-0.2, 0) is 9.47 Å². The van der Waals surface area contributed by atoms with Gasteiger partial charge in [0.25, 0.3) is 0 Å². The summed E-state index contributed by atoms with van der Waals surface area (Å²) in [5, 5.41) is 2.65. The van der Waals surface area contributed by atoms with E-state index in [0.29, 0.717) is 13.1 Å². The fourth-order valence-corrected chi connectivity index (χ4v) is 1.94. The molecule has 0 aliphatic carbocycles. The van der Waals surface area contributed by atoms with Crippen LogP contribution in [0.4, 0.5) is 9.59 Å². The predicted molar refractivity (Wildman–Crippen MR) is 94.9 cm³/mol. The second-order valence-electron chi connectivity index (χ2n) is 7.94. The number of nitrogens with two attached hydrogens (primary N) is 1. The lowest BCUT2D eigenvalue weighted by Gasteiger charge is -2.35. The molecule has 0 aliphatic heterocycles. The molecule has 0 spiro atoms. The van der Waals surface area contributed by atoms with Crippen molar-refractivity contribution in [3.8, 4) is 0 Å². The third-order valence-corrected chi connectivity index (χ3v) is 3.09. The lowest BCUT2D eigenvalue weighted by atomic mass is 10.1. The average molecular weight is 345 g/mol. The van der Waals surface area contributed by atoms with Crippen molar-refractivity contribution >= 4 is 12.2 Å². The van der Waals surface area contributed by atoms with E-state index < -0.39 is 17.8 Å². The number of hydrogen-bond acceptors (Lipinski definition) is 5. The zero-order valence-electron chi connectivity index (χ0n) is 16.3. The molecular formula is C17H35N3O4. The molecule has 0 aromatic heterocycles. The third-order valence-electron chi connectivity index (χ3n) is 3.09. The molecule has 0 unspecified atom stereocenters. The van der Waals surface area contributed by atoms with E-state index in [9.17, 15) is 9.59 Å². The summed E-state index contributed by atoms with van der Waals surface area (Å²) in [6.45, 7) is 14.3. The van der Waals surface area contributed by atoms with Crippen LogP contribution in [0.15, 0.2) is 0 Å². The number of carbonyl (C=O) groups is 2. The van der Waals surface area contributed by atoms with Crippen LogP contribution in [0.1, 0.15) is 61.3 Å². The average Bonchev–Trinajstić information content (AvgIpc) is 2.37. The highest BCUT2D eigenvalue weighted by atomic mass is 16.6. The number of nitrogens with one attached hydrogen (secondary N) is 1. The van der Waals surface area contributed by atoms with Gasteiger partial charge in [-0.15, -0.1) is 0 Å². The molecule has 0 aromatic carbocycles. The lowest BCUT2D eigenvalue weighted by molar-refractivity contribution is 0.0419. The second-order valence-corrected chi connectivity index (χ2v) is 7.94. The van der Waals surface area contributed by atoms with E-state index in [0.717, 1.165) is 12.8 Å². The molecule has 0 radical (unpaired) electrons. The standard InChI is InChI=1S/C17H35N3O4/c1-13(19-14(21)24-17(5,6)7)12-23-15(22)20(16(2,3)4)11-9-8-10-18/h13H,8-12,18H2,1-7H3,(H,19,21)/t13-/m0/s1. The number of rotatable bonds is 7. The minimum absolute atomic E-state index is 0.0849. The smallest absolute Gasteiger partial charge is 0.410 e. The van der Waals surface area contributed by atoms with Gasteiger partial charge in [-0.2, -0.15) is 0 Å². The Labute approximate surface area is 146 Å². The summed E-state index contributed by atoms with van der Waals surface area (Å²) in [7, 11) is 0.